The van der Waals surface area contributed by atoms with E-state index in [-0.39, 0.29) is 3.42 Å². The van der Waals surface area contributed by atoms with Gasteiger partial charge in [-0.15, -0.1) is 10.2 Å². The Bertz CT molecular complexity index is 347. The molecule has 1 aliphatic carbocycles. The molecule has 1 aliphatic rings. The zero-order chi connectivity index (χ0) is 9.31. The molecular weight excluding hydrogens is 277 g/mol. The number of allylic oxidation sites excluding steroid dienone is 2. The summed E-state index contributed by atoms with van der Waals surface area (Å²) in [5.41, 5.74) is 1.90. The molecule has 0 bridgehead atoms. The van der Waals surface area contributed by atoms with Crippen molar-refractivity contribution in [2.75, 3.05) is 0 Å². The highest BCUT2D eigenvalue weighted by molar-refractivity contribution is 14.1. The van der Waals surface area contributed by atoms with Gasteiger partial charge in [0.25, 0.3) is 0 Å². The molecule has 0 saturated carbocycles. The number of halogens is 1. The SMILES string of the molecule is CC1(I)C=Cc2cnnnc2C=C1. The maximum Gasteiger partial charge on any atom is 0.0960 e. The Hall–Kier alpha value is -0.780. The number of hydrogen-bond acceptors (Lipinski definition) is 3. The quantitative estimate of drug-likeness (QED) is 0.541. The lowest BCUT2D eigenvalue weighted by Gasteiger charge is -2.09. The first kappa shape index (κ1) is 8.80. The predicted octanol–water partition coefficient (Wildman–Crippen LogP) is 2.11. The molecular formula is C9H8IN3. The van der Waals surface area contributed by atoms with Crippen molar-refractivity contribution in [1.82, 2.24) is 15.4 Å². The lowest BCUT2D eigenvalue weighted by atomic mass is 10.1. The van der Waals surface area contributed by atoms with Gasteiger partial charge >= 0.3 is 0 Å². The average Bonchev–Trinajstić information content (AvgIpc) is 2.27. The van der Waals surface area contributed by atoms with Crippen molar-refractivity contribution < 1.29 is 0 Å². The third kappa shape index (κ3) is 1.93. The Morgan fingerprint density at radius 2 is 2.08 bits per heavy atom. The minimum absolute atomic E-state index is 0.0540. The molecule has 1 unspecified atom stereocenters. The monoisotopic (exact) mass is 285 g/mol. The van der Waals surface area contributed by atoms with Crippen molar-refractivity contribution in [2.24, 2.45) is 0 Å². The van der Waals surface area contributed by atoms with E-state index in [0.29, 0.717) is 0 Å². The van der Waals surface area contributed by atoms with Gasteiger partial charge in [0, 0.05) is 5.56 Å². The summed E-state index contributed by atoms with van der Waals surface area (Å²) in [6.07, 6.45) is 9.96. The summed E-state index contributed by atoms with van der Waals surface area (Å²) in [4.78, 5) is 0. The molecule has 0 fully saturated rings. The second-order valence-corrected chi connectivity index (χ2v) is 5.42. The van der Waals surface area contributed by atoms with Crippen molar-refractivity contribution in [3.05, 3.63) is 29.6 Å². The molecule has 0 aliphatic heterocycles. The first-order valence-electron chi connectivity index (χ1n) is 3.93. The van der Waals surface area contributed by atoms with Crippen LogP contribution in [0.5, 0.6) is 0 Å². The van der Waals surface area contributed by atoms with Crippen LogP contribution in [0.3, 0.4) is 0 Å². The van der Waals surface area contributed by atoms with Crippen LogP contribution >= 0.6 is 22.6 Å². The Labute approximate surface area is 90.1 Å². The van der Waals surface area contributed by atoms with Gasteiger partial charge < -0.3 is 0 Å². The zero-order valence-corrected chi connectivity index (χ0v) is 9.26. The van der Waals surface area contributed by atoms with Crippen molar-refractivity contribution in [1.29, 1.82) is 0 Å². The van der Waals surface area contributed by atoms with E-state index in [1.54, 1.807) is 6.20 Å². The molecule has 1 aromatic rings. The van der Waals surface area contributed by atoms with Crippen LogP contribution in [-0.4, -0.2) is 18.8 Å². The fraction of sp³-hybridized carbons (Fsp3) is 0.222. The lowest BCUT2D eigenvalue weighted by molar-refractivity contribution is 0.854. The molecule has 0 radical (unpaired) electrons. The highest BCUT2D eigenvalue weighted by Gasteiger charge is 2.14. The molecule has 1 atom stereocenters. The van der Waals surface area contributed by atoms with Gasteiger partial charge in [0.05, 0.1) is 15.3 Å². The van der Waals surface area contributed by atoms with Gasteiger partial charge in [-0.1, -0.05) is 40.8 Å². The summed E-state index contributed by atoms with van der Waals surface area (Å²) in [5.74, 6) is 0. The van der Waals surface area contributed by atoms with Crippen LogP contribution in [0.4, 0.5) is 0 Å². The number of aromatic nitrogens is 3. The van der Waals surface area contributed by atoms with Gasteiger partial charge in [-0.05, 0) is 18.2 Å². The molecule has 0 aromatic carbocycles. The second kappa shape index (κ2) is 3.17. The smallest absolute Gasteiger partial charge is 0.0960 e. The molecule has 0 N–H and O–H groups in total. The van der Waals surface area contributed by atoms with Crippen LogP contribution in [0.1, 0.15) is 18.2 Å². The number of nitrogens with zero attached hydrogens (tertiary/aromatic N) is 3. The van der Waals surface area contributed by atoms with E-state index >= 15 is 0 Å². The van der Waals surface area contributed by atoms with E-state index in [2.05, 4.69) is 57.1 Å². The van der Waals surface area contributed by atoms with Crippen LogP contribution in [0, 0.1) is 0 Å². The predicted molar refractivity (Wildman–Crippen MR) is 60.3 cm³/mol. The maximum absolute atomic E-state index is 3.94. The lowest BCUT2D eigenvalue weighted by Crippen LogP contribution is -2.04. The fourth-order valence-corrected chi connectivity index (χ4v) is 1.45. The first-order valence-corrected chi connectivity index (χ1v) is 5.01. The Morgan fingerprint density at radius 3 is 2.92 bits per heavy atom. The number of fused-ring (bicyclic) bond motifs is 1. The molecule has 2 rings (SSSR count). The van der Waals surface area contributed by atoms with Gasteiger partial charge in [-0.2, -0.15) is 0 Å². The first-order chi connectivity index (χ1) is 6.17. The van der Waals surface area contributed by atoms with Crippen molar-refractivity contribution in [3.8, 4) is 0 Å². The van der Waals surface area contributed by atoms with Gasteiger partial charge in [0.15, 0.2) is 0 Å². The molecule has 4 heteroatoms. The standard InChI is InChI=1S/C9H8IN3/c1-9(10)4-2-7-6-11-13-12-8(7)3-5-9/h2-6H,1H3. The van der Waals surface area contributed by atoms with Crippen LogP contribution in [-0.2, 0) is 0 Å². The van der Waals surface area contributed by atoms with Crippen LogP contribution in [0.2, 0.25) is 0 Å². The molecule has 66 valence electrons. The molecule has 3 nitrogen and oxygen atoms in total. The third-order valence-corrected chi connectivity index (χ3v) is 2.57. The summed E-state index contributed by atoms with van der Waals surface area (Å²) in [6.45, 7) is 2.13. The molecule has 0 saturated heterocycles. The summed E-state index contributed by atoms with van der Waals surface area (Å²) in [6, 6.07) is 0. The summed E-state index contributed by atoms with van der Waals surface area (Å²) >= 11 is 2.37. The van der Waals surface area contributed by atoms with Gasteiger partial charge in [-0.25, -0.2) is 0 Å². The molecule has 0 spiro atoms. The molecule has 0 amide bonds. The van der Waals surface area contributed by atoms with E-state index in [4.69, 9.17) is 0 Å². The van der Waals surface area contributed by atoms with E-state index in [9.17, 15) is 0 Å². The maximum atomic E-state index is 3.94. The van der Waals surface area contributed by atoms with Gasteiger partial charge in [0.2, 0.25) is 0 Å². The Morgan fingerprint density at radius 1 is 1.31 bits per heavy atom. The van der Waals surface area contributed by atoms with Gasteiger partial charge in [0.1, 0.15) is 0 Å². The Kier molecular flexibility index (Phi) is 2.15. The van der Waals surface area contributed by atoms with Crippen LogP contribution < -0.4 is 0 Å². The highest BCUT2D eigenvalue weighted by Crippen LogP contribution is 2.27. The van der Waals surface area contributed by atoms with Crippen molar-refractivity contribution in [2.45, 2.75) is 10.3 Å². The third-order valence-electron chi connectivity index (χ3n) is 1.85. The zero-order valence-electron chi connectivity index (χ0n) is 7.11. The van der Waals surface area contributed by atoms with E-state index in [0.717, 1.165) is 11.3 Å². The number of hydrogen-bond donors (Lipinski definition) is 0. The molecule has 13 heavy (non-hydrogen) atoms. The van der Waals surface area contributed by atoms with Crippen LogP contribution in [0.25, 0.3) is 12.2 Å². The normalized spacial score (nSPS) is 25.4. The number of alkyl halides is 1. The van der Waals surface area contributed by atoms with E-state index in [1.807, 2.05) is 12.2 Å². The minimum atomic E-state index is 0.0540. The fourth-order valence-electron chi connectivity index (χ4n) is 1.09. The average molecular weight is 285 g/mol. The van der Waals surface area contributed by atoms with Gasteiger partial charge in [-0.3, -0.25) is 0 Å². The molecule has 1 aromatic heterocycles. The topological polar surface area (TPSA) is 38.7 Å². The van der Waals surface area contributed by atoms with Crippen LogP contribution in [0.15, 0.2) is 18.3 Å². The minimum Gasteiger partial charge on any atom is -0.138 e. The van der Waals surface area contributed by atoms with Crippen molar-refractivity contribution >= 4 is 34.7 Å². The summed E-state index contributed by atoms with van der Waals surface area (Å²) in [5, 5.41) is 11.3. The highest BCUT2D eigenvalue weighted by atomic mass is 127. The molecule has 1 heterocycles. The second-order valence-electron chi connectivity index (χ2n) is 3.09. The van der Waals surface area contributed by atoms with Crippen molar-refractivity contribution in [3.63, 3.8) is 0 Å². The van der Waals surface area contributed by atoms with E-state index in [1.165, 1.54) is 0 Å². The van der Waals surface area contributed by atoms with E-state index < -0.39 is 0 Å². The summed E-state index contributed by atoms with van der Waals surface area (Å²) in [7, 11) is 0. The number of rotatable bonds is 0. The summed E-state index contributed by atoms with van der Waals surface area (Å²) < 4.78 is 0.0540. The largest absolute Gasteiger partial charge is 0.138 e. The Balaban J connectivity index is 2.53.